The second-order valence-corrected chi connectivity index (χ2v) is 5.56. The second-order valence-electron chi connectivity index (χ2n) is 5.56. The Morgan fingerprint density at radius 2 is 1.95 bits per heavy atom. The first-order valence-corrected chi connectivity index (χ1v) is 7.56. The summed E-state index contributed by atoms with van der Waals surface area (Å²) in [6.45, 7) is 4.94. The van der Waals surface area contributed by atoms with Gasteiger partial charge >= 0.3 is 0 Å². The van der Waals surface area contributed by atoms with Crippen LogP contribution < -0.4 is 15.4 Å². The smallest absolute Gasteiger partial charge is 0.132 e. The number of methoxy groups -OCH3 is 1. The first kappa shape index (κ1) is 14.7. The van der Waals surface area contributed by atoms with Crippen molar-refractivity contribution in [2.24, 2.45) is 0 Å². The lowest BCUT2D eigenvalue weighted by Gasteiger charge is -2.35. The molecule has 1 aromatic heterocycles. The molecule has 2 N–H and O–H groups in total. The number of nitrogens with zero attached hydrogens (tertiary/aromatic N) is 3. The van der Waals surface area contributed by atoms with Gasteiger partial charge in [0.15, 0.2) is 0 Å². The minimum Gasteiger partial charge on any atom is -0.497 e. The van der Waals surface area contributed by atoms with Gasteiger partial charge in [0.05, 0.1) is 7.11 Å². The third kappa shape index (κ3) is 3.49. The Labute approximate surface area is 131 Å². The highest BCUT2D eigenvalue weighted by Crippen LogP contribution is 2.20. The van der Waals surface area contributed by atoms with Crippen LogP contribution in [-0.2, 0) is 6.54 Å². The van der Waals surface area contributed by atoms with Crippen molar-refractivity contribution in [1.29, 1.82) is 0 Å². The van der Waals surface area contributed by atoms with Crippen LogP contribution in [-0.4, -0.2) is 43.2 Å². The maximum Gasteiger partial charge on any atom is 0.132 e. The van der Waals surface area contributed by atoms with Crippen molar-refractivity contribution in [1.82, 2.24) is 9.88 Å². The van der Waals surface area contributed by atoms with E-state index in [0.29, 0.717) is 0 Å². The van der Waals surface area contributed by atoms with Crippen molar-refractivity contribution in [2.75, 3.05) is 43.9 Å². The van der Waals surface area contributed by atoms with E-state index in [0.717, 1.165) is 50.0 Å². The summed E-state index contributed by atoms with van der Waals surface area (Å²) in [4.78, 5) is 9.20. The second kappa shape index (κ2) is 6.66. The van der Waals surface area contributed by atoms with E-state index < -0.39 is 0 Å². The van der Waals surface area contributed by atoms with Gasteiger partial charge in [0.2, 0.25) is 0 Å². The first-order chi connectivity index (χ1) is 10.7. The molecule has 5 heteroatoms. The lowest BCUT2D eigenvalue weighted by atomic mass is 10.2. The van der Waals surface area contributed by atoms with Gasteiger partial charge in [-0.1, -0.05) is 12.1 Å². The SMILES string of the molecule is COc1ccnc(N2CCN(Cc3cccc(N)c3)CC2)c1. The quantitative estimate of drug-likeness (QED) is 0.875. The summed E-state index contributed by atoms with van der Waals surface area (Å²) in [5.74, 6) is 1.84. The minimum atomic E-state index is 0.830. The molecule has 0 spiro atoms. The van der Waals surface area contributed by atoms with E-state index in [1.54, 1.807) is 13.3 Å². The molecule has 1 fully saturated rings. The summed E-state index contributed by atoms with van der Waals surface area (Å²) in [6, 6.07) is 12.0. The van der Waals surface area contributed by atoms with Gasteiger partial charge in [-0.05, 0) is 23.8 Å². The van der Waals surface area contributed by atoms with Gasteiger partial charge in [-0.15, -0.1) is 0 Å². The van der Waals surface area contributed by atoms with Crippen LogP contribution in [0.5, 0.6) is 5.75 Å². The molecule has 5 nitrogen and oxygen atoms in total. The van der Waals surface area contributed by atoms with Crippen molar-refractivity contribution in [3.05, 3.63) is 48.2 Å². The van der Waals surface area contributed by atoms with E-state index in [-0.39, 0.29) is 0 Å². The zero-order chi connectivity index (χ0) is 15.4. The van der Waals surface area contributed by atoms with Crippen molar-refractivity contribution in [2.45, 2.75) is 6.54 Å². The van der Waals surface area contributed by atoms with Gasteiger partial charge < -0.3 is 15.4 Å². The number of ether oxygens (including phenoxy) is 1. The lowest BCUT2D eigenvalue weighted by molar-refractivity contribution is 0.249. The molecule has 0 radical (unpaired) electrons. The van der Waals surface area contributed by atoms with Gasteiger partial charge in [0, 0.05) is 50.7 Å². The van der Waals surface area contributed by atoms with E-state index in [1.165, 1.54) is 5.56 Å². The minimum absolute atomic E-state index is 0.830. The zero-order valence-electron chi connectivity index (χ0n) is 12.9. The Morgan fingerprint density at radius 1 is 1.14 bits per heavy atom. The highest BCUT2D eigenvalue weighted by molar-refractivity contribution is 5.44. The molecule has 0 atom stereocenters. The molecular weight excluding hydrogens is 276 g/mol. The van der Waals surface area contributed by atoms with Crippen LogP contribution in [0.1, 0.15) is 5.56 Å². The van der Waals surface area contributed by atoms with E-state index in [4.69, 9.17) is 10.5 Å². The van der Waals surface area contributed by atoms with Crippen LogP contribution >= 0.6 is 0 Å². The third-order valence-corrected chi connectivity index (χ3v) is 4.01. The molecule has 0 aliphatic carbocycles. The molecule has 2 heterocycles. The number of piperazine rings is 1. The van der Waals surface area contributed by atoms with E-state index in [2.05, 4.69) is 26.9 Å². The van der Waals surface area contributed by atoms with Crippen LogP contribution in [0.3, 0.4) is 0 Å². The largest absolute Gasteiger partial charge is 0.497 e. The van der Waals surface area contributed by atoms with Crippen molar-refractivity contribution >= 4 is 11.5 Å². The predicted molar refractivity (Wildman–Crippen MR) is 89.1 cm³/mol. The number of hydrogen-bond donors (Lipinski definition) is 1. The number of aromatic nitrogens is 1. The number of hydrogen-bond acceptors (Lipinski definition) is 5. The lowest BCUT2D eigenvalue weighted by Crippen LogP contribution is -2.46. The Bertz CT molecular complexity index is 624. The zero-order valence-corrected chi connectivity index (χ0v) is 12.9. The van der Waals surface area contributed by atoms with Gasteiger partial charge in [0.1, 0.15) is 11.6 Å². The van der Waals surface area contributed by atoms with Crippen LogP contribution in [0, 0.1) is 0 Å². The maximum absolute atomic E-state index is 5.84. The Hall–Kier alpha value is -2.27. The summed E-state index contributed by atoms with van der Waals surface area (Å²) >= 11 is 0. The number of rotatable bonds is 4. The average molecular weight is 298 g/mol. The Morgan fingerprint density at radius 3 is 2.68 bits per heavy atom. The van der Waals surface area contributed by atoms with E-state index in [1.807, 2.05) is 24.3 Å². The summed E-state index contributed by atoms with van der Waals surface area (Å²) in [7, 11) is 1.68. The number of nitrogens with two attached hydrogens (primary N) is 1. The van der Waals surface area contributed by atoms with Crippen molar-refractivity contribution in [3.63, 3.8) is 0 Å². The molecule has 0 saturated carbocycles. The fourth-order valence-electron chi connectivity index (χ4n) is 2.78. The molecule has 0 unspecified atom stereocenters. The number of pyridine rings is 1. The van der Waals surface area contributed by atoms with Crippen LogP contribution in [0.4, 0.5) is 11.5 Å². The first-order valence-electron chi connectivity index (χ1n) is 7.56. The fourth-order valence-corrected chi connectivity index (χ4v) is 2.78. The highest BCUT2D eigenvalue weighted by atomic mass is 16.5. The van der Waals surface area contributed by atoms with Gasteiger partial charge in [0.25, 0.3) is 0 Å². The molecular formula is C17H22N4O. The normalized spacial score (nSPS) is 15.8. The molecule has 1 aliphatic rings. The number of benzene rings is 1. The topological polar surface area (TPSA) is 54.6 Å². The van der Waals surface area contributed by atoms with Crippen molar-refractivity contribution < 1.29 is 4.74 Å². The van der Waals surface area contributed by atoms with E-state index in [9.17, 15) is 0 Å². The summed E-state index contributed by atoms with van der Waals surface area (Å²) in [5.41, 5.74) is 7.94. The van der Waals surface area contributed by atoms with Gasteiger partial charge in [-0.2, -0.15) is 0 Å². The van der Waals surface area contributed by atoms with Crippen LogP contribution in [0.25, 0.3) is 0 Å². The average Bonchev–Trinajstić information content (AvgIpc) is 2.56. The molecule has 22 heavy (non-hydrogen) atoms. The highest BCUT2D eigenvalue weighted by Gasteiger charge is 2.18. The standard InChI is InChI=1S/C17H22N4O/c1-22-16-5-6-19-17(12-16)21-9-7-20(8-10-21)13-14-3-2-4-15(18)11-14/h2-6,11-12H,7-10,13,18H2,1H3. The summed E-state index contributed by atoms with van der Waals surface area (Å²) < 4.78 is 5.27. The summed E-state index contributed by atoms with van der Waals surface area (Å²) in [6.07, 6.45) is 1.80. The predicted octanol–water partition coefficient (Wildman–Crippen LogP) is 1.99. The Balaban J connectivity index is 1.58. The third-order valence-electron chi connectivity index (χ3n) is 4.01. The molecule has 0 amide bonds. The van der Waals surface area contributed by atoms with Gasteiger partial charge in [-0.3, -0.25) is 4.90 Å². The molecule has 116 valence electrons. The number of anilines is 2. The maximum atomic E-state index is 5.84. The Kier molecular flexibility index (Phi) is 4.44. The molecule has 0 bridgehead atoms. The van der Waals surface area contributed by atoms with Gasteiger partial charge in [-0.25, -0.2) is 4.98 Å². The monoisotopic (exact) mass is 298 g/mol. The molecule has 1 saturated heterocycles. The van der Waals surface area contributed by atoms with E-state index >= 15 is 0 Å². The molecule has 1 aromatic carbocycles. The molecule has 3 rings (SSSR count). The fraction of sp³-hybridized carbons (Fsp3) is 0.353. The van der Waals surface area contributed by atoms with Crippen LogP contribution in [0.15, 0.2) is 42.6 Å². The number of nitrogen functional groups attached to an aromatic ring is 1. The summed E-state index contributed by atoms with van der Waals surface area (Å²) in [5, 5.41) is 0. The van der Waals surface area contributed by atoms with Crippen LogP contribution in [0.2, 0.25) is 0 Å². The molecule has 1 aliphatic heterocycles. The molecule has 2 aromatic rings. The van der Waals surface area contributed by atoms with Crippen molar-refractivity contribution in [3.8, 4) is 5.75 Å².